The predicted octanol–water partition coefficient (Wildman–Crippen LogP) is 4.78. The first-order valence-corrected chi connectivity index (χ1v) is 11.4. The Morgan fingerprint density at radius 3 is 2.45 bits per heavy atom. The number of carboxylic acids is 1. The number of carboxylic acid groups (broad SMARTS) is 1. The van der Waals surface area contributed by atoms with Crippen LogP contribution in [0.3, 0.4) is 0 Å². The second-order valence-electron chi connectivity index (χ2n) is 8.72. The smallest absolute Gasteiger partial charge is 0.335 e. The van der Waals surface area contributed by atoms with Gasteiger partial charge in [-0.15, -0.1) is 0 Å². The van der Waals surface area contributed by atoms with Gasteiger partial charge in [-0.3, -0.25) is 0 Å². The molecule has 0 aliphatic heterocycles. The fourth-order valence-electron chi connectivity index (χ4n) is 4.24. The molecule has 4 rings (SSSR count). The third-order valence-electron chi connectivity index (χ3n) is 5.86. The van der Waals surface area contributed by atoms with Crippen LogP contribution in [0.25, 0.3) is 21.9 Å². The van der Waals surface area contributed by atoms with Gasteiger partial charge in [0.25, 0.3) is 0 Å². The Morgan fingerprint density at radius 1 is 1.09 bits per heavy atom. The summed E-state index contributed by atoms with van der Waals surface area (Å²) < 4.78 is 2.28. The lowest BCUT2D eigenvalue weighted by Crippen LogP contribution is -2.11. The molecular weight excluding hydrogens is 414 g/mol. The summed E-state index contributed by atoms with van der Waals surface area (Å²) >= 11 is 0. The van der Waals surface area contributed by atoms with Crippen molar-refractivity contribution in [3.8, 4) is 0 Å². The number of pyridine rings is 1. The van der Waals surface area contributed by atoms with E-state index in [1.165, 1.54) is 11.1 Å². The summed E-state index contributed by atoms with van der Waals surface area (Å²) in [4.78, 5) is 23.4. The van der Waals surface area contributed by atoms with Gasteiger partial charge in [0, 0.05) is 31.9 Å². The van der Waals surface area contributed by atoms with E-state index in [-0.39, 0.29) is 5.56 Å². The van der Waals surface area contributed by atoms with Crippen molar-refractivity contribution in [2.45, 2.75) is 39.3 Å². The zero-order valence-corrected chi connectivity index (χ0v) is 19.7. The van der Waals surface area contributed by atoms with E-state index in [0.29, 0.717) is 17.9 Å². The van der Waals surface area contributed by atoms with Crippen LogP contribution < -0.4 is 5.32 Å². The van der Waals surface area contributed by atoms with Crippen molar-refractivity contribution in [2.75, 3.05) is 26.5 Å². The molecule has 0 unspecified atom stereocenters. The number of carbonyl (C=O) groups is 1. The van der Waals surface area contributed by atoms with Gasteiger partial charge in [0.15, 0.2) is 5.82 Å². The molecule has 0 fully saturated rings. The number of anilines is 1. The summed E-state index contributed by atoms with van der Waals surface area (Å²) in [5, 5.41) is 13.5. The summed E-state index contributed by atoms with van der Waals surface area (Å²) in [6, 6.07) is 13.9. The number of hydrogen-bond acceptors (Lipinski definition) is 5. The van der Waals surface area contributed by atoms with Gasteiger partial charge in [-0.05, 0) is 49.8 Å². The van der Waals surface area contributed by atoms with Gasteiger partial charge in [0.1, 0.15) is 11.3 Å². The van der Waals surface area contributed by atoms with Crippen LogP contribution in [0, 0.1) is 0 Å². The molecule has 0 amide bonds. The standard InChI is InChI=1S/C26H31N5O2/c1-5-6-7-22-29-23-24(31(22)16-18-10-8-17(9-11-18)15-30(3)4)20-13-12-19(26(32)33)14-21(20)28-25(23)27-2/h8-14H,5-7,15-16H2,1-4H3,(H,27,28)(H,32,33). The van der Waals surface area contributed by atoms with Crippen LogP contribution in [0.2, 0.25) is 0 Å². The fraction of sp³-hybridized carbons (Fsp3) is 0.346. The molecule has 0 aliphatic rings. The molecule has 2 heterocycles. The SMILES string of the molecule is CCCCc1nc2c(NC)nc3cc(C(=O)O)ccc3c2n1Cc1ccc(CN(C)C)cc1. The molecule has 2 aromatic heterocycles. The lowest BCUT2D eigenvalue weighted by atomic mass is 10.1. The molecule has 0 radical (unpaired) electrons. The predicted molar refractivity (Wildman–Crippen MR) is 133 cm³/mol. The molecular formula is C26H31N5O2. The van der Waals surface area contributed by atoms with Gasteiger partial charge in [0.05, 0.1) is 16.6 Å². The van der Waals surface area contributed by atoms with Gasteiger partial charge in [-0.1, -0.05) is 37.6 Å². The van der Waals surface area contributed by atoms with Crippen molar-refractivity contribution in [2.24, 2.45) is 0 Å². The van der Waals surface area contributed by atoms with E-state index in [1.807, 2.05) is 13.1 Å². The minimum absolute atomic E-state index is 0.227. The molecule has 172 valence electrons. The minimum atomic E-state index is -0.959. The molecule has 0 spiro atoms. The third kappa shape index (κ3) is 4.68. The van der Waals surface area contributed by atoms with Gasteiger partial charge in [-0.2, -0.15) is 0 Å². The zero-order chi connectivity index (χ0) is 23.5. The summed E-state index contributed by atoms with van der Waals surface area (Å²) in [5.41, 5.74) is 5.17. The number of nitrogens with zero attached hydrogens (tertiary/aromatic N) is 4. The fourth-order valence-corrected chi connectivity index (χ4v) is 4.24. The highest BCUT2D eigenvalue weighted by Crippen LogP contribution is 2.32. The Bertz CT molecular complexity index is 1290. The first kappa shape index (κ1) is 22.7. The molecule has 33 heavy (non-hydrogen) atoms. The largest absolute Gasteiger partial charge is 0.478 e. The van der Waals surface area contributed by atoms with E-state index in [0.717, 1.165) is 48.1 Å². The van der Waals surface area contributed by atoms with E-state index in [2.05, 4.69) is 60.1 Å². The number of benzene rings is 2. The highest BCUT2D eigenvalue weighted by Gasteiger charge is 2.19. The van der Waals surface area contributed by atoms with Crippen molar-refractivity contribution < 1.29 is 9.90 Å². The van der Waals surface area contributed by atoms with Gasteiger partial charge in [-0.25, -0.2) is 14.8 Å². The van der Waals surface area contributed by atoms with E-state index in [1.54, 1.807) is 12.1 Å². The van der Waals surface area contributed by atoms with Crippen LogP contribution in [0.1, 0.15) is 47.1 Å². The highest BCUT2D eigenvalue weighted by molar-refractivity contribution is 6.08. The molecule has 0 saturated heterocycles. The Hall–Kier alpha value is -3.45. The number of fused-ring (bicyclic) bond motifs is 3. The topological polar surface area (TPSA) is 83.3 Å². The number of unbranched alkanes of at least 4 members (excludes halogenated alkanes) is 1. The second-order valence-corrected chi connectivity index (χ2v) is 8.72. The molecule has 2 aromatic carbocycles. The average Bonchev–Trinajstić information content (AvgIpc) is 3.15. The van der Waals surface area contributed by atoms with Crippen molar-refractivity contribution in [1.29, 1.82) is 0 Å². The van der Waals surface area contributed by atoms with Crippen LogP contribution in [0.4, 0.5) is 5.82 Å². The Labute approximate surface area is 194 Å². The molecule has 0 bridgehead atoms. The van der Waals surface area contributed by atoms with Crippen LogP contribution in [-0.2, 0) is 19.5 Å². The normalized spacial score (nSPS) is 11.5. The minimum Gasteiger partial charge on any atom is -0.478 e. The number of aromatic carboxylic acids is 1. The van der Waals surface area contributed by atoms with Crippen molar-refractivity contribution >= 4 is 33.7 Å². The van der Waals surface area contributed by atoms with Crippen molar-refractivity contribution in [3.05, 3.63) is 65.0 Å². The maximum atomic E-state index is 11.5. The monoisotopic (exact) mass is 445 g/mol. The van der Waals surface area contributed by atoms with E-state index in [4.69, 9.17) is 9.97 Å². The van der Waals surface area contributed by atoms with E-state index < -0.39 is 5.97 Å². The average molecular weight is 446 g/mol. The van der Waals surface area contributed by atoms with Gasteiger partial charge >= 0.3 is 5.97 Å². The molecule has 0 aliphatic carbocycles. The lowest BCUT2D eigenvalue weighted by Gasteiger charge is -2.13. The zero-order valence-electron chi connectivity index (χ0n) is 19.7. The maximum Gasteiger partial charge on any atom is 0.335 e. The number of hydrogen-bond donors (Lipinski definition) is 2. The quantitative estimate of drug-likeness (QED) is 0.386. The lowest BCUT2D eigenvalue weighted by molar-refractivity contribution is 0.0697. The van der Waals surface area contributed by atoms with Gasteiger partial charge < -0.3 is 19.9 Å². The maximum absolute atomic E-state index is 11.5. The summed E-state index contributed by atoms with van der Waals surface area (Å²) in [5.74, 6) is 0.731. The molecule has 7 nitrogen and oxygen atoms in total. The first-order chi connectivity index (χ1) is 15.9. The van der Waals surface area contributed by atoms with Crippen LogP contribution >= 0.6 is 0 Å². The molecule has 0 saturated carbocycles. The Kier molecular flexibility index (Phi) is 6.60. The van der Waals surface area contributed by atoms with Crippen LogP contribution in [0.15, 0.2) is 42.5 Å². The molecule has 0 atom stereocenters. The summed E-state index contributed by atoms with van der Waals surface area (Å²) in [6.07, 6.45) is 3.01. The third-order valence-corrected chi connectivity index (χ3v) is 5.86. The highest BCUT2D eigenvalue weighted by atomic mass is 16.4. The van der Waals surface area contributed by atoms with E-state index >= 15 is 0 Å². The molecule has 4 aromatic rings. The molecule has 2 N–H and O–H groups in total. The van der Waals surface area contributed by atoms with Crippen LogP contribution in [-0.4, -0.2) is 51.7 Å². The summed E-state index contributed by atoms with van der Waals surface area (Å²) in [7, 11) is 5.96. The number of aromatic nitrogens is 3. The number of aryl methyl sites for hydroxylation is 1. The Morgan fingerprint density at radius 2 is 1.82 bits per heavy atom. The number of nitrogens with one attached hydrogen (secondary N) is 1. The van der Waals surface area contributed by atoms with E-state index in [9.17, 15) is 9.90 Å². The second kappa shape index (κ2) is 9.58. The summed E-state index contributed by atoms with van der Waals surface area (Å²) in [6.45, 7) is 3.78. The Balaban J connectivity index is 1.88. The number of rotatable bonds is 9. The first-order valence-electron chi connectivity index (χ1n) is 11.4. The van der Waals surface area contributed by atoms with Crippen molar-refractivity contribution in [3.63, 3.8) is 0 Å². The van der Waals surface area contributed by atoms with Crippen molar-refractivity contribution in [1.82, 2.24) is 19.4 Å². The number of imidazole rings is 1. The van der Waals surface area contributed by atoms with Gasteiger partial charge in [0.2, 0.25) is 0 Å². The molecule has 7 heteroatoms. The van der Waals surface area contributed by atoms with Crippen LogP contribution in [0.5, 0.6) is 0 Å².